The van der Waals surface area contributed by atoms with Gasteiger partial charge in [-0.05, 0) is 46.5 Å². The Kier molecular flexibility index (Phi) is 9.04. The first kappa shape index (κ1) is 31.5. The Labute approximate surface area is 271 Å². The van der Waals surface area contributed by atoms with Gasteiger partial charge < -0.3 is 20.9 Å². The van der Waals surface area contributed by atoms with Crippen LogP contribution in [0.3, 0.4) is 0 Å². The minimum absolute atomic E-state index is 0.0648. The average molecular weight is 640 g/mol. The normalized spacial score (nSPS) is 21.9. The number of aromatic nitrogens is 7. The number of carbonyl (C=O) groups excluding carboxylic acids is 4. The van der Waals surface area contributed by atoms with Gasteiger partial charge >= 0.3 is 0 Å². The molecule has 47 heavy (non-hydrogen) atoms. The summed E-state index contributed by atoms with van der Waals surface area (Å²) in [6, 6.07) is 13.7. The van der Waals surface area contributed by atoms with Crippen molar-refractivity contribution in [3.8, 4) is 5.69 Å². The number of aryl methyl sites for hydroxylation is 1. The van der Waals surface area contributed by atoms with Crippen LogP contribution in [0.25, 0.3) is 5.69 Å². The Balaban J connectivity index is 1.25. The van der Waals surface area contributed by atoms with E-state index in [4.69, 9.17) is 0 Å². The van der Waals surface area contributed by atoms with Gasteiger partial charge in [-0.25, -0.2) is 4.68 Å². The van der Waals surface area contributed by atoms with Crippen LogP contribution in [0.1, 0.15) is 49.0 Å². The highest BCUT2D eigenvalue weighted by molar-refractivity contribution is 5.95. The van der Waals surface area contributed by atoms with Crippen LogP contribution in [-0.4, -0.2) is 88.4 Å². The molecule has 15 nitrogen and oxygen atoms in total. The minimum atomic E-state index is -0.936. The molecule has 1 saturated heterocycles. The third kappa shape index (κ3) is 7.03. The maximum absolute atomic E-state index is 13.9. The number of rotatable bonds is 6. The molecule has 6 rings (SSSR count). The highest BCUT2D eigenvalue weighted by atomic mass is 16.2. The summed E-state index contributed by atoms with van der Waals surface area (Å²) in [5.74, 6) is -1.19. The van der Waals surface area contributed by atoms with E-state index in [1.165, 1.54) is 0 Å². The molecule has 4 bridgehead atoms. The standard InChI is InChI=1S/C32H37N11O4/c1-19(2)29-32(47)34-26(13-21-7-5-4-6-8-21)30(45)33-16-23-17-42(39-37-23)25-15-27(31(46)35-29)41(18-25)28(44)14-22-9-11-24(12-10-22)43-20(3)36-38-40-43/h4-12,17,19,25-27,29H,13-16,18H2,1-3H3,(H,33,45)(H,34,47)(H,35,46)/t25-,26+,27-,29-/m0/s1. The van der Waals surface area contributed by atoms with Gasteiger partial charge in [-0.15, -0.1) is 10.2 Å². The van der Waals surface area contributed by atoms with E-state index >= 15 is 0 Å². The molecule has 2 aliphatic heterocycles. The Morgan fingerprint density at radius 2 is 1.68 bits per heavy atom. The van der Waals surface area contributed by atoms with E-state index in [9.17, 15) is 19.2 Å². The largest absolute Gasteiger partial charge is 0.349 e. The molecule has 1 fully saturated rings. The van der Waals surface area contributed by atoms with Crippen molar-refractivity contribution in [3.63, 3.8) is 0 Å². The maximum Gasteiger partial charge on any atom is 0.243 e. The molecule has 4 atom stereocenters. The lowest BCUT2D eigenvalue weighted by Crippen LogP contribution is -2.58. The zero-order valence-corrected chi connectivity index (χ0v) is 26.4. The van der Waals surface area contributed by atoms with Gasteiger partial charge in [0.15, 0.2) is 5.82 Å². The molecule has 15 heteroatoms. The molecular weight excluding hydrogens is 602 g/mol. The van der Waals surface area contributed by atoms with E-state index in [2.05, 4.69) is 41.8 Å². The van der Waals surface area contributed by atoms with Crippen LogP contribution in [0.15, 0.2) is 60.8 Å². The van der Waals surface area contributed by atoms with Gasteiger partial charge in [0, 0.05) is 19.4 Å². The van der Waals surface area contributed by atoms with Gasteiger partial charge in [-0.2, -0.15) is 4.68 Å². The maximum atomic E-state index is 13.9. The van der Waals surface area contributed by atoms with Crippen molar-refractivity contribution >= 4 is 23.6 Å². The molecule has 2 aliphatic rings. The van der Waals surface area contributed by atoms with Gasteiger partial charge in [-0.3, -0.25) is 19.2 Å². The number of nitrogens with zero attached hydrogens (tertiary/aromatic N) is 8. The Hall–Kier alpha value is -5.47. The second-order valence-electron chi connectivity index (χ2n) is 12.3. The van der Waals surface area contributed by atoms with Crippen LogP contribution in [-0.2, 0) is 38.6 Å². The number of nitrogens with one attached hydrogen (secondary N) is 3. The van der Waals surface area contributed by atoms with Crippen molar-refractivity contribution in [2.75, 3.05) is 6.54 Å². The Bertz CT molecular complexity index is 1750. The molecule has 4 amide bonds. The van der Waals surface area contributed by atoms with Gasteiger partial charge in [0.05, 0.1) is 30.9 Å². The highest BCUT2D eigenvalue weighted by Crippen LogP contribution is 2.29. The lowest BCUT2D eigenvalue weighted by atomic mass is 10.00. The highest BCUT2D eigenvalue weighted by Gasteiger charge is 2.42. The van der Waals surface area contributed by atoms with Crippen molar-refractivity contribution in [2.45, 2.75) is 70.7 Å². The summed E-state index contributed by atoms with van der Waals surface area (Å²) in [6.07, 6.45) is 2.32. The van der Waals surface area contributed by atoms with Gasteiger partial charge in [0.2, 0.25) is 23.6 Å². The smallest absolute Gasteiger partial charge is 0.243 e. The number of carbonyl (C=O) groups is 4. The number of fused-ring (bicyclic) bond motifs is 5. The molecule has 0 unspecified atom stereocenters. The molecule has 2 aromatic heterocycles. The van der Waals surface area contributed by atoms with Gasteiger partial charge in [0.25, 0.3) is 0 Å². The summed E-state index contributed by atoms with van der Waals surface area (Å²) in [7, 11) is 0. The molecule has 3 N–H and O–H groups in total. The fourth-order valence-electron chi connectivity index (χ4n) is 6.01. The second kappa shape index (κ2) is 13.5. The predicted octanol–water partition coefficient (Wildman–Crippen LogP) is 0.445. The lowest BCUT2D eigenvalue weighted by molar-refractivity contribution is -0.139. The van der Waals surface area contributed by atoms with Crippen molar-refractivity contribution in [1.29, 1.82) is 0 Å². The van der Waals surface area contributed by atoms with E-state index in [0.29, 0.717) is 11.5 Å². The number of amides is 4. The summed E-state index contributed by atoms with van der Waals surface area (Å²) in [5, 5.41) is 28.7. The van der Waals surface area contributed by atoms with E-state index in [-0.39, 0.29) is 56.1 Å². The summed E-state index contributed by atoms with van der Waals surface area (Å²) in [6.45, 7) is 5.77. The third-order valence-electron chi connectivity index (χ3n) is 8.60. The molecule has 0 saturated carbocycles. The predicted molar refractivity (Wildman–Crippen MR) is 167 cm³/mol. The molecule has 4 aromatic rings. The van der Waals surface area contributed by atoms with E-state index in [0.717, 1.165) is 16.8 Å². The van der Waals surface area contributed by atoms with Crippen LogP contribution in [0.4, 0.5) is 0 Å². The van der Waals surface area contributed by atoms with E-state index in [1.54, 1.807) is 27.4 Å². The monoisotopic (exact) mass is 639 g/mol. The fraction of sp³-hybridized carbons (Fsp3) is 0.406. The van der Waals surface area contributed by atoms with Crippen LogP contribution < -0.4 is 16.0 Å². The number of hydrogen-bond donors (Lipinski definition) is 3. The van der Waals surface area contributed by atoms with E-state index < -0.39 is 29.9 Å². The third-order valence-corrected chi connectivity index (χ3v) is 8.60. The summed E-state index contributed by atoms with van der Waals surface area (Å²) >= 11 is 0. The molecule has 0 spiro atoms. The number of hydrogen-bond acceptors (Lipinski definition) is 9. The van der Waals surface area contributed by atoms with Crippen LogP contribution in [0.2, 0.25) is 0 Å². The molecule has 4 heterocycles. The Morgan fingerprint density at radius 3 is 2.38 bits per heavy atom. The number of likely N-dealkylation sites (tertiary alicyclic amines) is 1. The van der Waals surface area contributed by atoms with Crippen molar-refractivity contribution < 1.29 is 19.2 Å². The van der Waals surface area contributed by atoms with E-state index in [1.807, 2.05) is 68.4 Å². The van der Waals surface area contributed by atoms with Crippen LogP contribution in [0.5, 0.6) is 0 Å². The number of tetrazole rings is 1. The first-order valence-corrected chi connectivity index (χ1v) is 15.6. The van der Waals surface area contributed by atoms with Crippen molar-refractivity contribution in [1.82, 2.24) is 56.1 Å². The fourth-order valence-corrected chi connectivity index (χ4v) is 6.01. The molecule has 244 valence electrons. The topological polar surface area (TPSA) is 182 Å². The summed E-state index contributed by atoms with van der Waals surface area (Å²) in [5.41, 5.74) is 2.91. The molecular formula is C32H37N11O4. The minimum Gasteiger partial charge on any atom is -0.349 e. The van der Waals surface area contributed by atoms with Gasteiger partial charge in [-0.1, -0.05) is 61.5 Å². The molecule has 2 aromatic carbocycles. The van der Waals surface area contributed by atoms with Gasteiger partial charge in [0.1, 0.15) is 23.8 Å². The summed E-state index contributed by atoms with van der Waals surface area (Å²) in [4.78, 5) is 56.2. The van der Waals surface area contributed by atoms with Crippen molar-refractivity contribution in [2.24, 2.45) is 5.92 Å². The lowest BCUT2D eigenvalue weighted by Gasteiger charge is -2.29. The first-order chi connectivity index (χ1) is 22.7. The average Bonchev–Trinajstić information content (AvgIpc) is 3.82. The first-order valence-electron chi connectivity index (χ1n) is 15.6. The zero-order valence-electron chi connectivity index (χ0n) is 26.4. The van der Waals surface area contributed by atoms with Crippen molar-refractivity contribution in [3.05, 3.63) is 83.4 Å². The molecule has 0 aliphatic carbocycles. The zero-order chi connectivity index (χ0) is 33.1. The van der Waals surface area contributed by atoms with Crippen LogP contribution >= 0.6 is 0 Å². The Morgan fingerprint density at radius 1 is 0.915 bits per heavy atom. The van der Waals surface area contributed by atoms with Crippen LogP contribution in [0, 0.1) is 12.8 Å². The second-order valence-corrected chi connectivity index (χ2v) is 12.3. The SMILES string of the molecule is Cc1nnnn1-c1ccc(CC(=O)N2C[C@@H]3C[C@H]2C(=O)N[C@@H](C(C)C)C(=O)N[C@H](Cc2ccccc2)C(=O)NCc2cn3nn2)cc1. The number of benzene rings is 2. The quantitative estimate of drug-likeness (QED) is 0.270. The summed E-state index contributed by atoms with van der Waals surface area (Å²) < 4.78 is 3.24. The molecule has 0 radical (unpaired) electrons.